The molecule has 0 spiro atoms. The summed E-state index contributed by atoms with van der Waals surface area (Å²) in [6.07, 6.45) is -4.20. The Morgan fingerprint density at radius 2 is 1.69 bits per heavy atom. The molecule has 0 fully saturated rings. The summed E-state index contributed by atoms with van der Waals surface area (Å²) in [7, 11) is 0. The number of hydrogen-bond acceptors (Lipinski definition) is 1. The maximum absolute atomic E-state index is 12.1. The van der Waals surface area contributed by atoms with E-state index < -0.39 is 12.2 Å². The van der Waals surface area contributed by atoms with Gasteiger partial charge in [-0.2, -0.15) is 13.2 Å². The molecule has 1 rings (SSSR count). The molecule has 1 aromatic rings. The van der Waals surface area contributed by atoms with Crippen molar-refractivity contribution in [2.45, 2.75) is 19.1 Å². The quantitative estimate of drug-likeness (QED) is 0.753. The molecule has 0 bridgehead atoms. The molecule has 0 aliphatic rings. The third-order valence-electron chi connectivity index (χ3n) is 1.65. The molecule has 1 N–H and O–H groups in total. The van der Waals surface area contributed by atoms with Crippen LogP contribution >= 0.6 is 0 Å². The highest BCUT2D eigenvalue weighted by molar-refractivity contribution is 5.43. The Hall–Kier alpha value is -1.19. The molecule has 72 valence electrons. The Kier molecular flexibility index (Phi) is 2.80. The first-order valence-corrected chi connectivity index (χ1v) is 3.88. The predicted octanol–water partition coefficient (Wildman–Crippen LogP) is 3.05. The number of rotatable bonds is 2. The monoisotopic (exact) mass is 189 g/mol. The largest absolute Gasteiger partial charge is 0.408 e. The number of para-hydroxylation sites is 1. The summed E-state index contributed by atoms with van der Waals surface area (Å²) in [5.74, 6) is 0. The highest BCUT2D eigenvalue weighted by Gasteiger charge is 2.35. The maximum atomic E-state index is 12.1. The average Bonchev–Trinajstić information content (AvgIpc) is 2.04. The zero-order valence-electron chi connectivity index (χ0n) is 7.10. The molecule has 1 aromatic carbocycles. The van der Waals surface area contributed by atoms with Crippen LogP contribution in [0.25, 0.3) is 0 Å². The zero-order chi connectivity index (χ0) is 9.90. The van der Waals surface area contributed by atoms with E-state index in [9.17, 15) is 13.2 Å². The third-order valence-corrected chi connectivity index (χ3v) is 1.65. The van der Waals surface area contributed by atoms with Crippen LogP contribution in [0.1, 0.15) is 6.92 Å². The van der Waals surface area contributed by atoms with Gasteiger partial charge in [0.05, 0.1) is 0 Å². The summed E-state index contributed by atoms with van der Waals surface area (Å²) in [6.45, 7) is 1.09. The molecule has 0 amide bonds. The summed E-state index contributed by atoms with van der Waals surface area (Å²) in [5.41, 5.74) is 0.479. The molecule has 0 aromatic heterocycles. The molecule has 0 aliphatic heterocycles. The first kappa shape index (κ1) is 9.89. The van der Waals surface area contributed by atoms with Crippen molar-refractivity contribution < 1.29 is 13.2 Å². The van der Waals surface area contributed by atoms with Gasteiger partial charge in [0.1, 0.15) is 6.04 Å². The van der Waals surface area contributed by atoms with E-state index in [1.165, 1.54) is 0 Å². The molecule has 1 unspecified atom stereocenters. The second-order valence-electron chi connectivity index (χ2n) is 2.77. The summed E-state index contributed by atoms with van der Waals surface area (Å²) in [5, 5.41) is 2.36. The second-order valence-corrected chi connectivity index (χ2v) is 2.77. The summed E-state index contributed by atoms with van der Waals surface area (Å²) in [4.78, 5) is 0. The highest BCUT2D eigenvalue weighted by atomic mass is 19.4. The van der Waals surface area contributed by atoms with Gasteiger partial charge in [-0.25, -0.2) is 0 Å². The van der Waals surface area contributed by atoms with Crippen LogP contribution in [0.2, 0.25) is 0 Å². The van der Waals surface area contributed by atoms with E-state index in [0.717, 1.165) is 6.92 Å². The van der Waals surface area contributed by atoms with Gasteiger partial charge in [-0.15, -0.1) is 0 Å². The Balaban J connectivity index is 2.61. The molecule has 1 nitrogen and oxygen atoms in total. The van der Waals surface area contributed by atoms with Gasteiger partial charge < -0.3 is 5.32 Å². The first-order chi connectivity index (χ1) is 6.00. The van der Waals surface area contributed by atoms with Gasteiger partial charge in [0.15, 0.2) is 0 Å². The average molecular weight is 189 g/mol. The SMILES string of the molecule is CC(Nc1ccccc1)C(F)(F)F. The maximum Gasteiger partial charge on any atom is 0.408 e. The van der Waals surface area contributed by atoms with Gasteiger partial charge in [0, 0.05) is 5.69 Å². The lowest BCUT2D eigenvalue weighted by Crippen LogP contribution is -2.32. The van der Waals surface area contributed by atoms with E-state index in [1.807, 2.05) is 0 Å². The van der Waals surface area contributed by atoms with Gasteiger partial charge in [0.25, 0.3) is 0 Å². The zero-order valence-corrected chi connectivity index (χ0v) is 7.10. The molecule has 4 heteroatoms. The topological polar surface area (TPSA) is 12.0 Å². The van der Waals surface area contributed by atoms with Gasteiger partial charge in [0.2, 0.25) is 0 Å². The van der Waals surface area contributed by atoms with Crippen molar-refractivity contribution in [3.8, 4) is 0 Å². The van der Waals surface area contributed by atoms with E-state index in [1.54, 1.807) is 30.3 Å². The van der Waals surface area contributed by atoms with Crippen molar-refractivity contribution in [3.63, 3.8) is 0 Å². The van der Waals surface area contributed by atoms with Gasteiger partial charge in [-0.1, -0.05) is 18.2 Å². The molecule has 0 radical (unpaired) electrons. The Morgan fingerprint density at radius 3 is 2.15 bits per heavy atom. The number of halogens is 3. The minimum atomic E-state index is -4.20. The lowest BCUT2D eigenvalue weighted by molar-refractivity contribution is -0.138. The standard InChI is InChI=1S/C9H10F3N/c1-7(9(10,11)12)13-8-5-3-2-4-6-8/h2-7,13H,1H3. The van der Waals surface area contributed by atoms with Crippen molar-refractivity contribution in [2.75, 3.05) is 5.32 Å². The van der Waals surface area contributed by atoms with E-state index in [-0.39, 0.29) is 0 Å². The van der Waals surface area contributed by atoms with Crippen LogP contribution < -0.4 is 5.32 Å². The van der Waals surface area contributed by atoms with Gasteiger partial charge >= 0.3 is 6.18 Å². The van der Waals surface area contributed by atoms with Crippen molar-refractivity contribution in [2.24, 2.45) is 0 Å². The van der Waals surface area contributed by atoms with Crippen molar-refractivity contribution >= 4 is 5.69 Å². The Bertz CT molecular complexity index is 255. The fourth-order valence-electron chi connectivity index (χ4n) is 0.866. The number of anilines is 1. The third kappa shape index (κ3) is 2.97. The van der Waals surface area contributed by atoms with E-state index in [0.29, 0.717) is 5.69 Å². The Labute approximate surface area is 74.6 Å². The molecule has 1 atom stereocenters. The molecule has 0 heterocycles. The molecular weight excluding hydrogens is 179 g/mol. The normalized spacial score (nSPS) is 13.8. The number of nitrogens with one attached hydrogen (secondary N) is 1. The number of benzene rings is 1. The summed E-state index contributed by atoms with van der Waals surface area (Å²) < 4.78 is 36.2. The van der Waals surface area contributed by atoms with Crippen molar-refractivity contribution in [3.05, 3.63) is 30.3 Å². The smallest absolute Gasteiger partial charge is 0.374 e. The summed E-state index contributed by atoms with van der Waals surface area (Å²) in [6, 6.07) is 6.81. The summed E-state index contributed by atoms with van der Waals surface area (Å²) >= 11 is 0. The molecule has 13 heavy (non-hydrogen) atoms. The molecule has 0 saturated heterocycles. The van der Waals surface area contributed by atoms with Crippen LogP contribution in [0.4, 0.5) is 18.9 Å². The first-order valence-electron chi connectivity index (χ1n) is 3.88. The van der Waals surface area contributed by atoms with Crippen LogP contribution in [0.15, 0.2) is 30.3 Å². The minimum absolute atomic E-state index is 0.479. The van der Waals surface area contributed by atoms with Crippen LogP contribution in [0.5, 0.6) is 0 Å². The van der Waals surface area contributed by atoms with Crippen molar-refractivity contribution in [1.29, 1.82) is 0 Å². The van der Waals surface area contributed by atoms with E-state index in [2.05, 4.69) is 5.32 Å². The lowest BCUT2D eigenvalue weighted by Gasteiger charge is -2.17. The predicted molar refractivity (Wildman–Crippen MR) is 45.6 cm³/mol. The molecular formula is C9H10F3N. The minimum Gasteiger partial charge on any atom is -0.374 e. The van der Waals surface area contributed by atoms with Crippen LogP contribution in [0.3, 0.4) is 0 Å². The molecule has 0 saturated carbocycles. The van der Waals surface area contributed by atoms with Gasteiger partial charge in [-0.3, -0.25) is 0 Å². The second kappa shape index (κ2) is 3.68. The fourth-order valence-corrected chi connectivity index (χ4v) is 0.866. The molecule has 0 aliphatic carbocycles. The Morgan fingerprint density at radius 1 is 1.15 bits per heavy atom. The number of alkyl halides is 3. The fraction of sp³-hybridized carbons (Fsp3) is 0.333. The van der Waals surface area contributed by atoms with Gasteiger partial charge in [-0.05, 0) is 19.1 Å². The van der Waals surface area contributed by atoms with Crippen LogP contribution in [-0.4, -0.2) is 12.2 Å². The highest BCUT2D eigenvalue weighted by Crippen LogP contribution is 2.22. The van der Waals surface area contributed by atoms with Crippen molar-refractivity contribution in [1.82, 2.24) is 0 Å². The van der Waals surface area contributed by atoms with E-state index in [4.69, 9.17) is 0 Å². The van der Waals surface area contributed by atoms with E-state index >= 15 is 0 Å². The van der Waals surface area contributed by atoms with Crippen LogP contribution in [-0.2, 0) is 0 Å². The number of hydrogen-bond donors (Lipinski definition) is 1. The lowest BCUT2D eigenvalue weighted by atomic mass is 10.2. The van der Waals surface area contributed by atoms with Crippen LogP contribution in [0, 0.1) is 0 Å².